The number of nitriles is 1. The van der Waals surface area contributed by atoms with Crippen LogP contribution >= 0.6 is 8.53 Å². The highest BCUT2D eigenvalue weighted by atomic mass is 31.2. The smallest absolute Gasteiger partial charge is 0.275 e. The van der Waals surface area contributed by atoms with Crippen molar-refractivity contribution in [2.45, 2.75) is 6.42 Å². The first-order valence-corrected chi connectivity index (χ1v) is 3.44. The van der Waals surface area contributed by atoms with Gasteiger partial charge >= 0.3 is 0 Å². The molecule has 52 valence electrons. The molecule has 0 amide bonds. The summed E-state index contributed by atoms with van der Waals surface area (Å²) in [7, 11) is -2.20. The molecule has 0 aliphatic rings. The summed E-state index contributed by atoms with van der Waals surface area (Å²) < 4.78 is 0. The van der Waals surface area contributed by atoms with Gasteiger partial charge in [0.25, 0.3) is 8.53 Å². The molecule has 0 heterocycles. The first-order valence-electron chi connectivity index (χ1n) is 2.19. The van der Waals surface area contributed by atoms with E-state index in [-0.39, 0.29) is 13.0 Å². The summed E-state index contributed by atoms with van der Waals surface area (Å²) in [5, 5.41) is 9.86. The molecule has 0 saturated heterocycles. The minimum Gasteiger partial charge on any atom is -0.337 e. The Balaban J connectivity index is 2.85. The number of hydrogen-bond acceptors (Lipinski definition) is 5. The average Bonchev–Trinajstić information content (AvgIpc) is 1.80. The molecule has 0 aliphatic heterocycles. The summed E-state index contributed by atoms with van der Waals surface area (Å²) in [5.41, 5.74) is 0. The Morgan fingerprint density at radius 2 is 2.33 bits per heavy atom. The fourth-order valence-electron chi connectivity index (χ4n) is 0.200. The van der Waals surface area contributed by atoms with Crippen molar-refractivity contribution in [1.29, 1.82) is 5.26 Å². The maximum absolute atomic E-state index is 8.15. The van der Waals surface area contributed by atoms with Crippen molar-refractivity contribution in [3.63, 3.8) is 0 Å². The Labute approximate surface area is 53.8 Å². The third-order valence-electron chi connectivity index (χ3n) is 0.462. The van der Waals surface area contributed by atoms with Gasteiger partial charge in [-0.05, 0) is 0 Å². The minimum absolute atomic E-state index is 0.163. The van der Waals surface area contributed by atoms with Crippen LogP contribution in [0.3, 0.4) is 0 Å². The van der Waals surface area contributed by atoms with Crippen molar-refractivity contribution in [1.82, 2.24) is 5.25 Å². The third kappa shape index (κ3) is 7.76. The Morgan fingerprint density at radius 1 is 1.67 bits per heavy atom. The van der Waals surface area contributed by atoms with Gasteiger partial charge in [-0.3, -0.25) is 4.84 Å². The van der Waals surface area contributed by atoms with Gasteiger partial charge in [0.05, 0.1) is 19.1 Å². The van der Waals surface area contributed by atoms with Crippen LogP contribution in [0, 0.1) is 11.3 Å². The first-order chi connectivity index (χ1) is 4.27. The SMILES string of the molecule is N#CCCONP(O)O. The molecule has 0 fully saturated rings. The molecule has 0 unspecified atom stereocenters. The second-order valence-corrected chi connectivity index (χ2v) is 1.90. The van der Waals surface area contributed by atoms with E-state index < -0.39 is 8.53 Å². The van der Waals surface area contributed by atoms with Gasteiger partial charge in [0.1, 0.15) is 0 Å². The van der Waals surface area contributed by atoms with E-state index in [1.54, 1.807) is 0 Å². The number of nitrogens with one attached hydrogen (secondary N) is 1. The van der Waals surface area contributed by atoms with Crippen LogP contribution < -0.4 is 5.25 Å². The molecule has 5 nitrogen and oxygen atoms in total. The minimum atomic E-state index is -2.20. The lowest BCUT2D eigenvalue weighted by Crippen LogP contribution is -2.07. The maximum Gasteiger partial charge on any atom is 0.275 e. The van der Waals surface area contributed by atoms with Crippen LogP contribution in [-0.2, 0) is 4.84 Å². The van der Waals surface area contributed by atoms with E-state index in [0.717, 1.165) is 0 Å². The highest BCUT2D eigenvalue weighted by molar-refractivity contribution is 7.42. The second-order valence-electron chi connectivity index (χ2n) is 1.14. The Bertz CT molecular complexity index is 102. The van der Waals surface area contributed by atoms with Gasteiger partial charge in [-0.1, -0.05) is 0 Å². The molecule has 9 heavy (non-hydrogen) atoms. The van der Waals surface area contributed by atoms with Gasteiger partial charge in [-0.15, -0.1) is 5.25 Å². The van der Waals surface area contributed by atoms with Crippen LogP contribution in [0.25, 0.3) is 0 Å². The van der Waals surface area contributed by atoms with Crippen molar-refractivity contribution in [3.8, 4) is 6.07 Å². The van der Waals surface area contributed by atoms with Gasteiger partial charge in [0.15, 0.2) is 0 Å². The molecule has 0 atom stereocenters. The van der Waals surface area contributed by atoms with Crippen molar-refractivity contribution in [2.75, 3.05) is 6.61 Å². The van der Waals surface area contributed by atoms with Gasteiger partial charge in [0, 0.05) is 0 Å². The summed E-state index contributed by atoms with van der Waals surface area (Å²) in [4.78, 5) is 20.7. The van der Waals surface area contributed by atoms with Crippen molar-refractivity contribution in [3.05, 3.63) is 0 Å². The van der Waals surface area contributed by atoms with E-state index >= 15 is 0 Å². The van der Waals surface area contributed by atoms with E-state index in [2.05, 4.69) is 4.84 Å². The summed E-state index contributed by atoms with van der Waals surface area (Å²) in [6.45, 7) is 0.163. The zero-order valence-electron chi connectivity index (χ0n) is 4.61. The van der Waals surface area contributed by atoms with Gasteiger partial charge < -0.3 is 9.79 Å². The second kappa shape index (κ2) is 5.89. The topological polar surface area (TPSA) is 85.5 Å². The molecule has 0 bridgehead atoms. The van der Waals surface area contributed by atoms with Crippen molar-refractivity contribution < 1.29 is 14.6 Å². The number of rotatable bonds is 4. The average molecular weight is 150 g/mol. The molecule has 0 radical (unpaired) electrons. The Morgan fingerprint density at radius 3 is 2.78 bits per heavy atom. The van der Waals surface area contributed by atoms with E-state index in [9.17, 15) is 0 Å². The van der Waals surface area contributed by atoms with Crippen LogP contribution in [0.5, 0.6) is 0 Å². The lowest BCUT2D eigenvalue weighted by molar-refractivity contribution is 0.0878. The molecule has 0 spiro atoms. The van der Waals surface area contributed by atoms with Crippen LogP contribution in [0.2, 0.25) is 0 Å². The molecule has 0 aromatic rings. The maximum atomic E-state index is 8.15. The molecule has 6 heteroatoms. The summed E-state index contributed by atoms with van der Waals surface area (Å²) >= 11 is 0. The van der Waals surface area contributed by atoms with Gasteiger partial charge in [-0.2, -0.15) is 5.26 Å². The molecule has 0 rings (SSSR count). The number of hydrogen-bond donors (Lipinski definition) is 3. The zero-order valence-corrected chi connectivity index (χ0v) is 5.51. The normalized spacial score (nSPS) is 9.56. The van der Waals surface area contributed by atoms with Gasteiger partial charge in [0.2, 0.25) is 0 Å². The zero-order chi connectivity index (χ0) is 7.11. The quantitative estimate of drug-likeness (QED) is 0.289. The van der Waals surface area contributed by atoms with Crippen LogP contribution in [-0.4, -0.2) is 16.4 Å². The van der Waals surface area contributed by atoms with Crippen LogP contribution in [0.4, 0.5) is 0 Å². The van der Waals surface area contributed by atoms with Gasteiger partial charge in [-0.25, -0.2) is 0 Å². The fraction of sp³-hybridized carbons (Fsp3) is 0.667. The highest BCUT2D eigenvalue weighted by Crippen LogP contribution is 2.14. The number of nitrogens with zero attached hydrogens (tertiary/aromatic N) is 1. The van der Waals surface area contributed by atoms with Crippen LogP contribution in [0.15, 0.2) is 0 Å². The Hall–Kier alpha value is -0.240. The molecular weight excluding hydrogens is 143 g/mol. The standard InChI is InChI=1S/C3H7N2O3P/c4-2-1-3-8-5-9(6)7/h5-7H,1,3H2. The lowest BCUT2D eigenvalue weighted by atomic mass is 10.5. The van der Waals surface area contributed by atoms with E-state index in [4.69, 9.17) is 15.0 Å². The summed E-state index contributed by atoms with van der Waals surface area (Å²) in [6, 6.07) is 1.82. The lowest BCUT2D eigenvalue weighted by Gasteiger charge is -2.01. The van der Waals surface area contributed by atoms with Crippen molar-refractivity contribution in [2.24, 2.45) is 0 Å². The third-order valence-corrected chi connectivity index (χ3v) is 0.755. The van der Waals surface area contributed by atoms with Crippen molar-refractivity contribution >= 4 is 8.53 Å². The van der Waals surface area contributed by atoms with E-state index in [1.165, 1.54) is 0 Å². The predicted octanol–water partition coefficient (Wildman–Crippen LogP) is -0.367. The van der Waals surface area contributed by atoms with Crippen LogP contribution in [0.1, 0.15) is 6.42 Å². The molecule has 0 aromatic heterocycles. The molecule has 0 saturated carbocycles. The monoisotopic (exact) mass is 150 g/mol. The predicted molar refractivity (Wildman–Crippen MR) is 30.7 cm³/mol. The molecular formula is C3H7N2O3P. The molecule has 0 aliphatic carbocycles. The highest BCUT2D eigenvalue weighted by Gasteiger charge is 1.94. The fourth-order valence-corrected chi connectivity index (χ4v) is 0.407. The largest absolute Gasteiger partial charge is 0.337 e. The van der Waals surface area contributed by atoms with E-state index in [1.807, 2.05) is 11.3 Å². The molecule has 3 N–H and O–H groups in total. The first kappa shape index (κ1) is 8.76. The van der Waals surface area contributed by atoms with E-state index in [0.29, 0.717) is 0 Å². The Kier molecular flexibility index (Phi) is 5.73. The summed E-state index contributed by atoms with van der Waals surface area (Å²) in [6.07, 6.45) is 0.232. The summed E-state index contributed by atoms with van der Waals surface area (Å²) in [5.74, 6) is 0. The molecule has 0 aromatic carbocycles.